The number of benzene rings is 2. The SMILES string of the molecule is COc1cc(NC(=O)/C=C/CN(C)C)cc(-c2cnc3c(c2)c(-c2cccc(C#N)c2)cn3COC(=O)C(C)(C)C)c1. The topological polar surface area (TPSA) is 109 Å². The quantitative estimate of drug-likeness (QED) is 0.200. The van der Waals surface area contributed by atoms with E-state index in [9.17, 15) is 14.9 Å². The fourth-order valence-corrected chi connectivity index (χ4v) is 4.27. The van der Waals surface area contributed by atoms with Crippen molar-refractivity contribution in [3.63, 3.8) is 0 Å². The van der Waals surface area contributed by atoms with Gasteiger partial charge in [0.1, 0.15) is 11.4 Å². The molecule has 2 aromatic heterocycles. The lowest BCUT2D eigenvalue weighted by Gasteiger charge is -2.17. The predicted octanol–water partition coefficient (Wildman–Crippen LogP) is 5.85. The number of nitrogens with zero attached hydrogens (tertiary/aromatic N) is 4. The van der Waals surface area contributed by atoms with Crippen molar-refractivity contribution < 1.29 is 19.1 Å². The molecule has 4 aromatic rings. The molecule has 2 heterocycles. The first-order valence-corrected chi connectivity index (χ1v) is 13.5. The lowest BCUT2D eigenvalue weighted by Crippen LogP contribution is -2.23. The van der Waals surface area contributed by atoms with E-state index < -0.39 is 5.41 Å². The van der Waals surface area contributed by atoms with Crippen molar-refractivity contribution >= 4 is 28.6 Å². The lowest BCUT2D eigenvalue weighted by molar-refractivity contribution is -0.156. The minimum atomic E-state index is -0.644. The zero-order valence-electron chi connectivity index (χ0n) is 24.8. The highest BCUT2D eigenvalue weighted by Crippen LogP contribution is 2.35. The number of hydrogen-bond donors (Lipinski definition) is 1. The minimum absolute atomic E-state index is 0.00638. The van der Waals surface area contributed by atoms with E-state index in [1.165, 1.54) is 6.08 Å². The van der Waals surface area contributed by atoms with E-state index in [1.54, 1.807) is 56.9 Å². The number of methoxy groups -OCH3 is 1. The van der Waals surface area contributed by atoms with Gasteiger partial charge in [0.25, 0.3) is 0 Å². The number of carbonyl (C=O) groups excluding carboxylic acids is 2. The Kier molecular flexibility index (Phi) is 9.09. The summed E-state index contributed by atoms with van der Waals surface area (Å²) in [4.78, 5) is 31.7. The van der Waals surface area contributed by atoms with Crippen LogP contribution in [0.2, 0.25) is 0 Å². The van der Waals surface area contributed by atoms with E-state index in [1.807, 2.05) is 61.6 Å². The molecule has 0 aliphatic carbocycles. The molecule has 0 saturated heterocycles. The third-order valence-electron chi connectivity index (χ3n) is 6.45. The Labute approximate surface area is 246 Å². The van der Waals surface area contributed by atoms with Gasteiger partial charge < -0.3 is 19.7 Å². The molecule has 1 amide bonds. The van der Waals surface area contributed by atoms with Crippen molar-refractivity contribution in [2.75, 3.05) is 33.1 Å². The largest absolute Gasteiger partial charge is 0.497 e. The van der Waals surface area contributed by atoms with E-state index >= 15 is 0 Å². The maximum absolute atomic E-state index is 12.5. The van der Waals surface area contributed by atoms with Gasteiger partial charge >= 0.3 is 5.97 Å². The van der Waals surface area contributed by atoms with Gasteiger partial charge in [-0.2, -0.15) is 5.26 Å². The first kappa shape index (κ1) is 30.0. The molecule has 42 heavy (non-hydrogen) atoms. The highest BCUT2D eigenvalue weighted by atomic mass is 16.5. The molecular weight excluding hydrogens is 530 g/mol. The lowest BCUT2D eigenvalue weighted by atomic mass is 9.98. The minimum Gasteiger partial charge on any atom is -0.497 e. The Morgan fingerprint density at radius 1 is 1.10 bits per heavy atom. The number of aromatic nitrogens is 2. The molecular formula is C33H35N5O4. The van der Waals surface area contributed by atoms with Gasteiger partial charge in [-0.3, -0.25) is 14.2 Å². The zero-order valence-corrected chi connectivity index (χ0v) is 24.8. The third kappa shape index (κ3) is 7.22. The molecule has 0 unspecified atom stereocenters. The summed E-state index contributed by atoms with van der Waals surface area (Å²) in [6.07, 6.45) is 6.91. The number of hydrogen-bond acceptors (Lipinski definition) is 7. The molecule has 0 aliphatic rings. The van der Waals surface area contributed by atoms with Crippen LogP contribution in [-0.4, -0.2) is 54.1 Å². The number of likely N-dealkylation sites (N-methyl/N-ethyl adjacent to an activating group) is 1. The summed E-state index contributed by atoms with van der Waals surface area (Å²) in [7, 11) is 5.43. The van der Waals surface area contributed by atoms with Crippen LogP contribution in [0.15, 0.2) is 73.1 Å². The summed E-state index contributed by atoms with van der Waals surface area (Å²) >= 11 is 0. The number of nitriles is 1. The molecule has 0 fully saturated rings. The molecule has 9 nitrogen and oxygen atoms in total. The average molecular weight is 566 g/mol. The van der Waals surface area contributed by atoms with Gasteiger partial charge in [-0.25, -0.2) is 4.98 Å². The summed E-state index contributed by atoms with van der Waals surface area (Å²) in [6, 6.07) is 17.0. The molecule has 0 bridgehead atoms. The van der Waals surface area contributed by atoms with E-state index in [0.717, 1.165) is 27.6 Å². The first-order chi connectivity index (χ1) is 20.0. The summed E-state index contributed by atoms with van der Waals surface area (Å²) < 4.78 is 12.9. The van der Waals surface area contributed by atoms with Crippen LogP contribution in [0, 0.1) is 16.7 Å². The van der Waals surface area contributed by atoms with E-state index in [-0.39, 0.29) is 18.6 Å². The molecule has 0 radical (unpaired) electrons. The van der Waals surface area contributed by atoms with Crippen molar-refractivity contribution in [1.29, 1.82) is 5.26 Å². The van der Waals surface area contributed by atoms with Gasteiger partial charge in [0.2, 0.25) is 5.91 Å². The summed E-state index contributed by atoms with van der Waals surface area (Å²) in [6.45, 7) is 6.05. The highest BCUT2D eigenvalue weighted by Gasteiger charge is 2.24. The number of esters is 1. The van der Waals surface area contributed by atoms with Crippen LogP contribution >= 0.6 is 0 Å². The fraction of sp³-hybridized carbons (Fsp3) is 0.273. The molecule has 2 aromatic carbocycles. The van der Waals surface area contributed by atoms with Gasteiger partial charge in [-0.05, 0) is 76.3 Å². The Hall–Kier alpha value is -4.94. The molecule has 1 N–H and O–H groups in total. The van der Waals surface area contributed by atoms with Crippen LogP contribution in [0.4, 0.5) is 5.69 Å². The van der Waals surface area contributed by atoms with E-state index in [4.69, 9.17) is 14.5 Å². The van der Waals surface area contributed by atoms with Crippen LogP contribution < -0.4 is 10.1 Å². The van der Waals surface area contributed by atoms with Crippen LogP contribution in [0.3, 0.4) is 0 Å². The number of nitrogens with one attached hydrogen (secondary N) is 1. The Morgan fingerprint density at radius 2 is 1.88 bits per heavy atom. The number of pyridine rings is 1. The first-order valence-electron chi connectivity index (χ1n) is 13.5. The van der Waals surface area contributed by atoms with E-state index in [2.05, 4.69) is 11.4 Å². The van der Waals surface area contributed by atoms with E-state index in [0.29, 0.717) is 29.2 Å². The van der Waals surface area contributed by atoms with Gasteiger partial charge in [0.15, 0.2) is 6.73 Å². The standard InChI is InChI=1S/C33H35N5O4/c1-33(2,3)32(40)42-21-38-20-29(23-10-7-9-22(13-23)18-34)28-16-25(19-35-31(28)38)24-14-26(17-27(15-24)41-6)36-30(39)11-8-12-37(4)5/h7-11,13-17,19-20H,12,21H2,1-6H3,(H,36,39)/b11-8+. The number of carbonyl (C=O) groups is 2. The average Bonchev–Trinajstić information content (AvgIpc) is 3.32. The number of ether oxygens (including phenoxy) is 2. The fourth-order valence-electron chi connectivity index (χ4n) is 4.27. The Balaban J connectivity index is 1.77. The van der Waals surface area contributed by atoms with Crippen molar-refractivity contribution in [3.8, 4) is 34.1 Å². The van der Waals surface area contributed by atoms with Gasteiger partial charge in [-0.1, -0.05) is 18.2 Å². The number of anilines is 1. The predicted molar refractivity (Wildman–Crippen MR) is 164 cm³/mol. The summed E-state index contributed by atoms with van der Waals surface area (Å²) in [5.74, 6) is 0.0106. The second-order valence-corrected chi connectivity index (χ2v) is 11.2. The van der Waals surface area contributed by atoms with Gasteiger partial charge in [-0.15, -0.1) is 0 Å². The maximum atomic E-state index is 12.5. The van der Waals surface area contributed by atoms with Crippen LogP contribution in [0.5, 0.6) is 5.75 Å². The number of amides is 1. The Bertz CT molecular complexity index is 1690. The summed E-state index contributed by atoms with van der Waals surface area (Å²) in [5.41, 5.74) is 4.35. The molecule has 216 valence electrons. The van der Waals surface area contributed by atoms with Crippen LogP contribution in [0.25, 0.3) is 33.3 Å². The number of rotatable bonds is 9. The summed E-state index contributed by atoms with van der Waals surface area (Å²) in [5, 5.41) is 13.2. The molecule has 0 saturated carbocycles. The van der Waals surface area contributed by atoms with Crippen LogP contribution in [-0.2, 0) is 21.1 Å². The normalized spacial score (nSPS) is 11.6. The van der Waals surface area contributed by atoms with Crippen molar-refractivity contribution in [2.24, 2.45) is 5.41 Å². The van der Waals surface area contributed by atoms with Crippen molar-refractivity contribution in [1.82, 2.24) is 14.5 Å². The monoisotopic (exact) mass is 565 g/mol. The second-order valence-electron chi connectivity index (χ2n) is 11.2. The maximum Gasteiger partial charge on any atom is 0.312 e. The second kappa shape index (κ2) is 12.7. The number of fused-ring (bicyclic) bond motifs is 1. The molecule has 0 atom stereocenters. The molecule has 9 heteroatoms. The van der Waals surface area contributed by atoms with Crippen molar-refractivity contribution in [3.05, 3.63) is 78.6 Å². The molecule has 0 aliphatic heterocycles. The third-order valence-corrected chi connectivity index (χ3v) is 6.45. The van der Waals surface area contributed by atoms with Gasteiger partial charge in [0.05, 0.1) is 24.2 Å². The van der Waals surface area contributed by atoms with Gasteiger partial charge in [0, 0.05) is 53.3 Å². The smallest absolute Gasteiger partial charge is 0.312 e. The van der Waals surface area contributed by atoms with Crippen LogP contribution in [0.1, 0.15) is 26.3 Å². The Morgan fingerprint density at radius 3 is 2.57 bits per heavy atom. The molecule has 4 rings (SSSR count). The van der Waals surface area contributed by atoms with Crippen molar-refractivity contribution in [2.45, 2.75) is 27.5 Å². The molecule has 0 spiro atoms. The zero-order chi connectivity index (χ0) is 30.4. The highest BCUT2D eigenvalue weighted by molar-refractivity contribution is 6.00.